The minimum Gasteiger partial charge on any atom is -0.452 e. The summed E-state index contributed by atoms with van der Waals surface area (Å²) >= 11 is 0. The fourth-order valence-electron chi connectivity index (χ4n) is 2.48. The Bertz CT molecular complexity index is 679. The van der Waals surface area contributed by atoms with Crippen molar-refractivity contribution in [2.24, 2.45) is 0 Å². The van der Waals surface area contributed by atoms with Crippen LogP contribution >= 0.6 is 0 Å². The van der Waals surface area contributed by atoms with E-state index in [4.69, 9.17) is 4.74 Å². The van der Waals surface area contributed by atoms with Gasteiger partial charge in [-0.2, -0.15) is 4.31 Å². The van der Waals surface area contributed by atoms with E-state index < -0.39 is 16.0 Å². The molecule has 132 valence electrons. The third-order valence-corrected chi connectivity index (χ3v) is 5.66. The lowest BCUT2D eigenvalue weighted by Gasteiger charge is -2.25. The molecule has 1 aromatic rings. The molecular weight excluding hydrogens is 332 g/mol. The van der Waals surface area contributed by atoms with Gasteiger partial charge in [-0.1, -0.05) is 6.42 Å². The Labute approximate surface area is 142 Å². The van der Waals surface area contributed by atoms with Crippen molar-refractivity contribution in [3.05, 3.63) is 29.8 Å². The highest BCUT2D eigenvalue weighted by Gasteiger charge is 2.26. The van der Waals surface area contributed by atoms with Gasteiger partial charge in [0.1, 0.15) is 0 Å². The van der Waals surface area contributed by atoms with Crippen LogP contribution < -0.4 is 5.32 Å². The summed E-state index contributed by atoms with van der Waals surface area (Å²) in [4.78, 5) is 23.3. The van der Waals surface area contributed by atoms with E-state index >= 15 is 0 Å². The molecule has 1 saturated heterocycles. The molecule has 1 amide bonds. The number of nitrogens with one attached hydrogen (secondary N) is 1. The van der Waals surface area contributed by atoms with Gasteiger partial charge in [0.15, 0.2) is 6.61 Å². The fraction of sp³-hybridized carbons (Fsp3) is 0.500. The average Bonchev–Trinajstić information content (AvgIpc) is 2.61. The van der Waals surface area contributed by atoms with Crippen LogP contribution in [-0.4, -0.2) is 50.8 Å². The van der Waals surface area contributed by atoms with Crippen molar-refractivity contribution >= 4 is 21.9 Å². The maximum atomic E-state index is 12.5. The smallest absolute Gasteiger partial charge is 0.338 e. The maximum Gasteiger partial charge on any atom is 0.338 e. The summed E-state index contributed by atoms with van der Waals surface area (Å²) in [6.07, 6.45) is 2.77. The quantitative estimate of drug-likeness (QED) is 0.774. The molecule has 1 aliphatic rings. The van der Waals surface area contributed by atoms with Crippen LogP contribution in [0.3, 0.4) is 0 Å². The van der Waals surface area contributed by atoms with Gasteiger partial charge in [0.25, 0.3) is 5.91 Å². The topological polar surface area (TPSA) is 92.8 Å². The third-order valence-electron chi connectivity index (χ3n) is 3.75. The van der Waals surface area contributed by atoms with E-state index in [1.54, 1.807) is 6.92 Å². The molecule has 8 heteroatoms. The van der Waals surface area contributed by atoms with Gasteiger partial charge in [-0.15, -0.1) is 0 Å². The number of benzene rings is 1. The van der Waals surface area contributed by atoms with E-state index in [-0.39, 0.29) is 23.0 Å². The summed E-state index contributed by atoms with van der Waals surface area (Å²) in [5.41, 5.74) is 0.205. The molecule has 1 heterocycles. The number of esters is 1. The third kappa shape index (κ3) is 4.55. The summed E-state index contributed by atoms with van der Waals surface area (Å²) in [5.74, 6) is -1.04. The molecule has 0 spiro atoms. The van der Waals surface area contributed by atoms with Gasteiger partial charge in [-0.25, -0.2) is 13.2 Å². The van der Waals surface area contributed by atoms with Gasteiger partial charge in [-0.05, 0) is 44.0 Å². The number of ether oxygens (including phenoxy) is 1. The summed E-state index contributed by atoms with van der Waals surface area (Å²) in [6, 6.07) is 5.59. The zero-order chi connectivity index (χ0) is 17.6. The first-order valence-electron chi connectivity index (χ1n) is 7.99. The molecule has 0 radical (unpaired) electrons. The molecular formula is C16H22N2O5S. The van der Waals surface area contributed by atoms with Crippen LogP contribution in [-0.2, 0) is 19.6 Å². The second kappa shape index (κ2) is 8.25. The van der Waals surface area contributed by atoms with Crippen LogP contribution in [0.5, 0.6) is 0 Å². The first-order valence-corrected chi connectivity index (χ1v) is 9.43. The number of sulfonamides is 1. The van der Waals surface area contributed by atoms with Gasteiger partial charge in [0.05, 0.1) is 10.5 Å². The average molecular weight is 354 g/mol. The molecule has 0 aromatic heterocycles. The fourth-order valence-corrected chi connectivity index (χ4v) is 4.00. The van der Waals surface area contributed by atoms with Gasteiger partial charge >= 0.3 is 5.97 Å². The molecule has 0 aliphatic carbocycles. The van der Waals surface area contributed by atoms with Crippen molar-refractivity contribution in [3.63, 3.8) is 0 Å². The second-order valence-corrected chi connectivity index (χ2v) is 7.46. The summed E-state index contributed by atoms with van der Waals surface area (Å²) in [5, 5.41) is 2.52. The van der Waals surface area contributed by atoms with Crippen LogP contribution in [0.4, 0.5) is 0 Å². The molecule has 1 N–H and O–H groups in total. The number of carbonyl (C=O) groups excluding carboxylic acids is 2. The minimum atomic E-state index is -3.52. The maximum absolute atomic E-state index is 12.5. The molecule has 0 atom stereocenters. The van der Waals surface area contributed by atoms with Crippen LogP contribution in [0.25, 0.3) is 0 Å². The molecule has 2 rings (SSSR count). The Hall–Kier alpha value is -1.93. The predicted octanol–water partition coefficient (Wildman–Crippen LogP) is 1.15. The number of hydrogen-bond acceptors (Lipinski definition) is 5. The standard InChI is InChI=1S/C16H22N2O5S/c1-2-17-15(19)12-23-16(20)13-6-8-14(9-7-13)24(21,22)18-10-4-3-5-11-18/h6-9H,2-5,10-12H2,1H3,(H,17,19). The normalized spacial score (nSPS) is 15.7. The largest absolute Gasteiger partial charge is 0.452 e. The number of nitrogens with zero attached hydrogens (tertiary/aromatic N) is 1. The Morgan fingerprint density at radius 1 is 1.12 bits per heavy atom. The van der Waals surface area contributed by atoms with Crippen molar-refractivity contribution in [1.82, 2.24) is 9.62 Å². The van der Waals surface area contributed by atoms with E-state index in [9.17, 15) is 18.0 Å². The Morgan fingerprint density at radius 2 is 1.75 bits per heavy atom. The van der Waals surface area contributed by atoms with Crippen LogP contribution in [0.15, 0.2) is 29.2 Å². The molecule has 0 saturated carbocycles. The van der Waals surface area contributed by atoms with Gasteiger partial charge in [0.2, 0.25) is 10.0 Å². The van der Waals surface area contributed by atoms with Crippen molar-refractivity contribution in [3.8, 4) is 0 Å². The number of hydrogen-bond donors (Lipinski definition) is 1. The van der Waals surface area contributed by atoms with E-state index in [1.165, 1.54) is 28.6 Å². The Morgan fingerprint density at radius 3 is 2.33 bits per heavy atom. The van der Waals surface area contributed by atoms with Crippen LogP contribution in [0.2, 0.25) is 0 Å². The van der Waals surface area contributed by atoms with Gasteiger partial charge < -0.3 is 10.1 Å². The van der Waals surface area contributed by atoms with Crippen molar-refractivity contribution in [2.45, 2.75) is 31.1 Å². The molecule has 1 fully saturated rings. The minimum absolute atomic E-state index is 0.157. The SMILES string of the molecule is CCNC(=O)COC(=O)c1ccc(S(=O)(=O)N2CCCCC2)cc1. The first kappa shape index (κ1) is 18.4. The molecule has 1 aliphatic heterocycles. The summed E-state index contributed by atoms with van der Waals surface area (Å²) in [6.45, 7) is 2.92. The number of amides is 1. The zero-order valence-electron chi connectivity index (χ0n) is 13.7. The number of rotatable bonds is 6. The van der Waals surface area contributed by atoms with E-state index in [1.807, 2.05) is 0 Å². The highest BCUT2D eigenvalue weighted by atomic mass is 32.2. The van der Waals surface area contributed by atoms with E-state index in [2.05, 4.69) is 5.32 Å². The highest BCUT2D eigenvalue weighted by molar-refractivity contribution is 7.89. The van der Waals surface area contributed by atoms with E-state index in [0.29, 0.717) is 19.6 Å². The monoisotopic (exact) mass is 354 g/mol. The Balaban J connectivity index is 2.01. The van der Waals surface area contributed by atoms with Crippen molar-refractivity contribution in [2.75, 3.05) is 26.2 Å². The number of likely N-dealkylation sites (N-methyl/N-ethyl adjacent to an activating group) is 1. The molecule has 0 bridgehead atoms. The second-order valence-electron chi connectivity index (χ2n) is 5.52. The molecule has 7 nitrogen and oxygen atoms in total. The number of piperidine rings is 1. The predicted molar refractivity (Wildman–Crippen MR) is 88.0 cm³/mol. The molecule has 1 aromatic carbocycles. The van der Waals surface area contributed by atoms with Crippen molar-refractivity contribution < 1.29 is 22.7 Å². The molecule has 0 unspecified atom stereocenters. The molecule has 24 heavy (non-hydrogen) atoms. The summed E-state index contributed by atoms with van der Waals surface area (Å²) < 4.78 is 31.4. The Kier molecular flexibility index (Phi) is 6.33. The van der Waals surface area contributed by atoms with Crippen molar-refractivity contribution in [1.29, 1.82) is 0 Å². The lowest BCUT2D eigenvalue weighted by atomic mass is 10.2. The van der Waals surface area contributed by atoms with Crippen LogP contribution in [0, 0.1) is 0 Å². The summed E-state index contributed by atoms with van der Waals surface area (Å²) in [7, 11) is -3.52. The zero-order valence-corrected chi connectivity index (χ0v) is 14.5. The van der Waals surface area contributed by atoms with Crippen LogP contribution in [0.1, 0.15) is 36.5 Å². The van der Waals surface area contributed by atoms with E-state index in [0.717, 1.165) is 19.3 Å². The number of carbonyl (C=O) groups is 2. The van der Waals surface area contributed by atoms with Gasteiger partial charge in [-0.3, -0.25) is 4.79 Å². The lowest BCUT2D eigenvalue weighted by molar-refractivity contribution is -0.124. The first-order chi connectivity index (χ1) is 11.4. The highest BCUT2D eigenvalue weighted by Crippen LogP contribution is 2.21. The van der Waals surface area contributed by atoms with Gasteiger partial charge in [0, 0.05) is 19.6 Å². The lowest BCUT2D eigenvalue weighted by Crippen LogP contribution is -2.35.